The lowest BCUT2D eigenvalue weighted by atomic mass is 9.94. The molecule has 0 unspecified atom stereocenters. The fourth-order valence-corrected chi connectivity index (χ4v) is 2.98. The van der Waals surface area contributed by atoms with Crippen molar-refractivity contribution in [2.24, 2.45) is 7.05 Å². The normalized spacial score (nSPS) is 23.3. The van der Waals surface area contributed by atoms with Crippen LogP contribution in [0.25, 0.3) is 11.0 Å². The number of β-amino-alcohol motifs (C(OH)–C–C–N with tert-alkyl or cyclic N) is 1. The lowest BCUT2D eigenvalue weighted by molar-refractivity contribution is 0.0447. The van der Waals surface area contributed by atoms with E-state index in [1.54, 1.807) is 4.68 Å². The highest BCUT2D eigenvalue weighted by atomic mass is 16.3. The van der Waals surface area contributed by atoms with E-state index in [-0.39, 0.29) is 5.41 Å². The third-order valence-electron chi connectivity index (χ3n) is 4.22. The van der Waals surface area contributed by atoms with Crippen LogP contribution in [-0.4, -0.2) is 43.5 Å². The molecule has 3 rings (SSSR count). The van der Waals surface area contributed by atoms with Gasteiger partial charge in [-0.15, -0.1) is 0 Å². The van der Waals surface area contributed by atoms with Crippen LogP contribution in [0.5, 0.6) is 0 Å². The van der Waals surface area contributed by atoms with Crippen molar-refractivity contribution >= 4 is 16.9 Å². The molecule has 0 aromatic carbocycles. The van der Waals surface area contributed by atoms with E-state index in [2.05, 4.69) is 30.8 Å². The highest BCUT2D eigenvalue weighted by molar-refractivity contribution is 5.87. The molecule has 1 aliphatic heterocycles. The first kappa shape index (κ1) is 15.2. The number of hydrogen-bond donors (Lipinski definition) is 1. The molecule has 6 heteroatoms. The molecule has 0 bridgehead atoms. The van der Waals surface area contributed by atoms with Crippen LogP contribution in [0, 0.1) is 0 Å². The molecule has 0 saturated carbocycles. The average Bonchev–Trinajstić information content (AvgIpc) is 2.77. The third kappa shape index (κ3) is 2.67. The summed E-state index contributed by atoms with van der Waals surface area (Å²) in [6, 6.07) is 0. The second-order valence-electron chi connectivity index (χ2n) is 7.65. The molecule has 0 radical (unpaired) electrons. The molecular weight excluding hydrogens is 278 g/mol. The van der Waals surface area contributed by atoms with Crippen LogP contribution >= 0.6 is 0 Å². The zero-order chi connectivity index (χ0) is 16.1. The molecule has 120 valence electrons. The van der Waals surface area contributed by atoms with Crippen LogP contribution in [0.4, 0.5) is 5.82 Å². The van der Waals surface area contributed by atoms with Gasteiger partial charge >= 0.3 is 0 Å². The van der Waals surface area contributed by atoms with Gasteiger partial charge in [-0.1, -0.05) is 20.8 Å². The highest BCUT2D eigenvalue weighted by Crippen LogP contribution is 2.31. The average molecular weight is 303 g/mol. The molecule has 0 spiro atoms. The van der Waals surface area contributed by atoms with Gasteiger partial charge in [0.1, 0.15) is 11.6 Å². The fourth-order valence-electron chi connectivity index (χ4n) is 2.98. The summed E-state index contributed by atoms with van der Waals surface area (Å²) in [4.78, 5) is 11.7. The maximum Gasteiger partial charge on any atom is 0.163 e. The minimum Gasteiger partial charge on any atom is -0.388 e. The zero-order valence-corrected chi connectivity index (χ0v) is 14.1. The van der Waals surface area contributed by atoms with Crippen LogP contribution < -0.4 is 4.90 Å². The summed E-state index contributed by atoms with van der Waals surface area (Å²) < 4.78 is 1.79. The Labute approximate surface area is 131 Å². The molecule has 3 heterocycles. The van der Waals surface area contributed by atoms with Crippen molar-refractivity contribution in [3.8, 4) is 0 Å². The first-order chi connectivity index (χ1) is 10.2. The zero-order valence-electron chi connectivity index (χ0n) is 14.1. The van der Waals surface area contributed by atoms with Gasteiger partial charge in [-0.3, -0.25) is 4.68 Å². The van der Waals surface area contributed by atoms with Crippen LogP contribution in [0.2, 0.25) is 0 Å². The number of nitrogens with zero attached hydrogens (tertiary/aromatic N) is 5. The molecule has 2 aromatic heterocycles. The molecule has 22 heavy (non-hydrogen) atoms. The first-order valence-electron chi connectivity index (χ1n) is 7.85. The lowest BCUT2D eigenvalue weighted by Crippen LogP contribution is -2.46. The predicted octanol–water partition coefficient (Wildman–Crippen LogP) is 2.01. The van der Waals surface area contributed by atoms with Gasteiger partial charge in [-0.25, -0.2) is 9.97 Å². The number of hydrogen-bond acceptors (Lipinski definition) is 5. The van der Waals surface area contributed by atoms with Crippen molar-refractivity contribution in [2.45, 2.75) is 51.6 Å². The lowest BCUT2D eigenvalue weighted by Gasteiger charge is -2.38. The van der Waals surface area contributed by atoms with Crippen molar-refractivity contribution in [3.63, 3.8) is 0 Å². The summed E-state index contributed by atoms with van der Waals surface area (Å²) in [7, 11) is 1.90. The van der Waals surface area contributed by atoms with Gasteiger partial charge in [0.25, 0.3) is 0 Å². The van der Waals surface area contributed by atoms with Crippen molar-refractivity contribution in [1.82, 2.24) is 19.7 Å². The quantitative estimate of drug-likeness (QED) is 0.873. The van der Waals surface area contributed by atoms with Gasteiger partial charge in [0.05, 0.1) is 17.2 Å². The Morgan fingerprint density at radius 2 is 2.00 bits per heavy atom. The van der Waals surface area contributed by atoms with Gasteiger partial charge < -0.3 is 10.0 Å². The number of fused-ring (bicyclic) bond motifs is 1. The molecular formula is C16H25N5O. The number of piperidine rings is 1. The molecule has 1 fully saturated rings. The number of aromatic nitrogens is 4. The van der Waals surface area contributed by atoms with Gasteiger partial charge in [0.15, 0.2) is 5.65 Å². The van der Waals surface area contributed by atoms with E-state index < -0.39 is 5.60 Å². The summed E-state index contributed by atoms with van der Waals surface area (Å²) in [6.45, 7) is 9.73. The summed E-state index contributed by atoms with van der Waals surface area (Å²) in [5, 5.41) is 15.7. The topological polar surface area (TPSA) is 67.1 Å². The van der Waals surface area contributed by atoms with E-state index >= 15 is 0 Å². The first-order valence-corrected chi connectivity index (χ1v) is 7.85. The highest BCUT2D eigenvalue weighted by Gasteiger charge is 2.31. The summed E-state index contributed by atoms with van der Waals surface area (Å²) in [6.07, 6.45) is 3.61. The predicted molar refractivity (Wildman–Crippen MR) is 87.1 cm³/mol. The third-order valence-corrected chi connectivity index (χ3v) is 4.22. The molecule has 1 N–H and O–H groups in total. The number of rotatable bonds is 1. The summed E-state index contributed by atoms with van der Waals surface area (Å²) >= 11 is 0. The van der Waals surface area contributed by atoms with Gasteiger partial charge in [0.2, 0.25) is 0 Å². The van der Waals surface area contributed by atoms with Crippen LogP contribution in [0.3, 0.4) is 0 Å². The van der Waals surface area contributed by atoms with Gasteiger partial charge in [0, 0.05) is 25.6 Å². The SMILES string of the molecule is Cn1ncc2c(N3CCC[C@](C)(O)C3)nc(C(C)(C)C)nc21. The standard InChI is InChI=1S/C16H25N5O/c1-15(2,3)14-18-12-11(9-17-20(12)5)13(19-14)21-8-6-7-16(4,22)10-21/h9,22H,6-8,10H2,1-5H3/t16-/m0/s1. The van der Waals surface area contributed by atoms with Crippen LogP contribution in [-0.2, 0) is 12.5 Å². The summed E-state index contributed by atoms with van der Waals surface area (Å²) in [5.74, 6) is 1.70. The maximum absolute atomic E-state index is 10.4. The second-order valence-corrected chi connectivity index (χ2v) is 7.65. The van der Waals surface area contributed by atoms with Gasteiger partial charge in [-0.2, -0.15) is 5.10 Å². The number of aryl methyl sites for hydroxylation is 1. The van der Waals surface area contributed by atoms with Crippen molar-refractivity contribution in [3.05, 3.63) is 12.0 Å². The van der Waals surface area contributed by atoms with Crippen LogP contribution in [0.15, 0.2) is 6.20 Å². The Kier molecular flexibility index (Phi) is 3.40. The monoisotopic (exact) mass is 303 g/mol. The van der Waals surface area contributed by atoms with E-state index in [0.717, 1.165) is 42.1 Å². The summed E-state index contributed by atoms with van der Waals surface area (Å²) in [5.41, 5.74) is 0.0469. The number of aliphatic hydroxyl groups is 1. The molecule has 0 aliphatic carbocycles. The van der Waals surface area contributed by atoms with E-state index in [0.29, 0.717) is 6.54 Å². The second kappa shape index (κ2) is 4.91. The maximum atomic E-state index is 10.4. The Balaban J connectivity index is 2.15. The molecule has 6 nitrogen and oxygen atoms in total. The van der Waals surface area contributed by atoms with Crippen molar-refractivity contribution < 1.29 is 5.11 Å². The Bertz CT molecular complexity index is 698. The fraction of sp³-hybridized carbons (Fsp3) is 0.688. The molecule has 0 amide bonds. The minimum absolute atomic E-state index is 0.133. The van der Waals surface area contributed by atoms with E-state index in [9.17, 15) is 5.11 Å². The number of anilines is 1. The van der Waals surface area contributed by atoms with Crippen molar-refractivity contribution in [2.75, 3.05) is 18.0 Å². The Morgan fingerprint density at radius 3 is 2.64 bits per heavy atom. The van der Waals surface area contributed by atoms with Crippen molar-refractivity contribution in [1.29, 1.82) is 0 Å². The molecule has 1 atom stereocenters. The smallest absolute Gasteiger partial charge is 0.163 e. The van der Waals surface area contributed by atoms with E-state index in [1.807, 2.05) is 20.2 Å². The van der Waals surface area contributed by atoms with Crippen LogP contribution in [0.1, 0.15) is 46.4 Å². The largest absolute Gasteiger partial charge is 0.388 e. The Hall–Kier alpha value is -1.69. The minimum atomic E-state index is -0.667. The van der Waals surface area contributed by atoms with Gasteiger partial charge in [-0.05, 0) is 19.8 Å². The van der Waals surface area contributed by atoms with E-state index in [4.69, 9.17) is 9.97 Å². The molecule has 2 aromatic rings. The Morgan fingerprint density at radius 1 is 1.27 bits per heavy atom. The molecule has 1 aliphatic rings. The van der Waals surface area contributed by atoms with E-state index in [1.165, 1.54) is 0 Å². The molecule has 1 saturated heterocycles.